The Balaban J connectivity index is 3.59. The highest BCUT2D eigenvalue weighted by Crippen LogP contribution is 2.26. The van der Waals surface area contributed by atoms with E-state index in [1.54, 1.807) is 0 Å². The lowest BCUT2D eigenvalue weighted by atomic mass is 10.2. The summed E-state index contributed by atoms with van der Waals surface area (Å²) in [6.07, 6.45) is 0. The van der Waals surface area contributed by atoms with E-state index in [4.69, 9.17) is 16.7 Å². The molecule has 0 bridgehead atoms. The number of rotatable bonds is 3. The number of aromatic carboxylic acids is 1. The Morgan fingerprint density at radius 1 is 1.47 bits per heavy atom. The summed E-state index contributed by atoms with van der Waals surface area (Å²) >= 11 is 5.69. The zero-order valence-corrected chi connectivity index (χ0v) is 9.47. The molecule has 1 aromatic carbocycles. The van der Waals surface area contributed by atoms with E-state index in [0.29, 0.717) is 0 Å². The second kappa shape index (κ2) is 4.20. The number of sulfone groups is 1. The summed E-state index contributed by atoms with van der Waals surface area (Å²) in [5.74, 6) is -1.48. The van der Waals surface area contributed by atoms with Gasteiger partial charge in [0, 0.05) is 0 Å². The molecule has 0 amide bonds. The summed E-state index contributed by atoms with van der Waals surface area (Å²) in [5.41, 5.74) is -0.288. The van der Waals surface area contributed by atoms with Crippen molar-refractivity contribution in [3.05, 3.63) is 28.8 Å². The molecule has 0 aliphatic rings. The first-order valence-electron chi connectivity index (χ1n) is 4.14. The maximum absolute atomic E-state index is 11.6. The monoisotopic (exact) mass is 248 g/mol. The predicted molar refractivity (Wildman–Crippen MR) is 56.1 cm³/mol. The molecule has 0 fully saturated rings. The second-order valence-electron chi connectivity index (χ2n) is 2.83. The third-order valence-corrected chi connectivity index (χ3v) is 4.14. The van der Waals surface area contributed by atoms with E-state index in [0.717, 1.165) is 0 Å². The van der Waals surface area contributed by atoms with Gasteiger partial charge in [-0.1, -0.05) is 24.6 Å². The molecule has 0 radical (unpaired) electrons. The molecule has 82 valence electrons. The fraction of sp³-hybridized carbons (Fsp3) is 0.222. The largest absolute Gasteiger partial charge is 0.478 e. The van der Waals surface area contributed by atoms with Crippen LogP contribution in [-0.4, -0.2) is 25.2 Å². The number of halogens is 1. The summed E-state index contributed by atoms with van der Waals surface area (Å²) in [7, 11) is -3.62. The first-order chi connectivity index (χ1) is 6.90. The highest BCUT2D eigenvalue weighted by molar-refractivity contribution is 7.91. The topological polar surface area (TPSA) is 71.4 Å². The van der Waals surface area contributed by atoms with Crippen LogP contribution in [0.4, 0.5) is 0 Å². The van der Waals surface area contributed by atoms with Gasteiger partial charge >= 0.3 is 5.97 Å². The third-order valence-electron chi connectivity index (χ3n) is 1.89. The van der Waals surface area contributed by atoms with Gasteiger partial charge in [-0.3, -0.25) is 0 Å². The van der Waals surface area contributed by atoms with E-state index in [9.17, 15) is 13.2 Å². The van der Waals surface area contributed by atoms with Crippen molar-refractivity contribution in [3.8, 4) is 0 Å². The number of hydrogen-bond donors (Lipinski definition) is 1. The highest BCUT2D eigenvalue weighted by atomic mass is 35.5. The van der Waals surface area contributed by atoms with Gasteiger partial charge in [0.1, 0.15) is 0 Å². The van der Waals surface area contributed by atoms with Crippen LogP contribution < -0.4 is 0 Å². The van der Waals surface area contributed by atoms with Crippen LogP contribution in [0.15, 0.2) is 23.1 Å². The summed E-state index contributed by atoms with van der Waals surface area (Å²) in [5, 5.41) is 8.77. The lowest BCUT2D eigenvalue weighted by molar-refractivity contribution is 0.0692. The molecule has 0 atom stereocenters. The highest BCUT2D eigenvalue weighted by Gasteiger charge is 2.23. The van der Waals surface area contributed by atoms with Crippen molar-refractivity contribution in [2.45, 2.75) is 11.8 Å². The van der Waals surface area contributed by atoms with E-state index in [2.05, 4.69) is 0 Å². The van der Waals surface area contributed by atoms with E-state index in [-0.39, 0.29) is 21.2 Å². The van der Waals surface area contributed by atoms with Gasteiger partial charge in [0.25, 0.3) is 0 Å². The van der Waals surface area contributed by atoms with E-state index in [1.807, 2.05) is 0 Å². The molecule has 1 N–H and O–H groups in total. The van der Waals surface area contributed by atoms with Gasteiger partial charge in [0.2, 0.25) is 0 Å². The number of carboxylic acids is 1. The molecule has 15 heavy (non-hydrogen) atoms. The smallest absolute Gasteiger partial charge is 0.337 e. The molecule has 0 aliphatic heterocycles. The summed E-state index contributed by atoms with van der Waals surface area (Å²) < 4.78 is 23.2. The zero-order chi connectivity index (χ0) is 11.6. The molecule has 4 nitrogen and oxygen atoms in total. The van der Waals surface area contributed by atoms with Crippen molar-refractivity contribution in [3.63, 3.8) is 0 Å². The lowest BCUT2D eigenvalue weighted by Gasteiger charge is -2.07. The van der Waals surface area contributed by atoms with Gasteiger partial charge in [0.05, 0.1) is 21.2 Å². The van der Waals surface area contributed by atoms with Crippen LogP contribution in [0, 0.1) is 0 Å². The SMILES string of the molecule is CCS(=O)(=O)c1c(Cl)cccc1C(=O)O. The molecule has 6 heteroatoms. The van der Waals surface area contributed by atoms with Gasteiger partial charge in [-0.15, -0.1) is 0 Å². The Labute approximate surface area is 92.4 Å². The number of carboxylic acid groups (broad SMARTS) is 1. The molecule has 0 aliphatic carbocycles. The first-order valence-corrected chi connectivity index (χ1v) is 6.17. The number of hydrogen-bond acceptors (Lipinski definition) is 3. The standard InChI is InChI=1S/C9H9ClO4S/c1-2-15(13,14)8-6(9(11)12)4-3-5-7(8)10/h3-5H,2H2,1H3,(H,11,12). The maximum Gasteiger partial charge on any atom is 0.337 e. The molecular weight excluding hydrogens is 240 g/mol. The van der Waals surface area contributed by atoms with Crippen molar-refractivity contribution < 1.29 is 18.3 Å². The Bertz CT molecular complexity index is 493. The molecule has 0 unspecified atom stereocenters. The lowest BCUT2D eigenvalue weighted by Crippen LogP contribution is -2.11. The molecule has 0 spiro atoms. The Kier molecular flexibility index (Phi) is 3.36. The van der Waals surface area contributed by atoms with E-state index in [1.165, 1.54) is 25.1 Å². The van der Waals surface area contributed by atoms with Crippen molar-refractivity contribution >= 4 is 27.4 Å². The van der Waals surface area contributed by atoms with Gasteiger partial charge in [-0.05, 0) is 12.1 Å². The fourth-order valence-corrected chi connectivity index (χ4v) is 2.81. The van der Waals surface area contributed by atoms with Gasteiger partial charge in [0.15, 0.2) is 9.84 Å². The van der Waals surface area contributed by atoms with E-state index >= 15 is 0 Å². The Hall–Kier alpha value is -1.07. The first kappa shape index (κ1) is 12.0. The van der Waals surface area contributed by atoms with Crippen molar-refractivity contribution in [1.82, 2.24) is 0 Å². The van der Waals surface area contributed by atoms with Crippen molar-refractivity contribution in [2.24, 2.45) is 0 Å². The predicted octanol–water partition coefficient (Wildman–Crippen LogP) is 1.83. The van der Waals surface area contributed by atoms with Crippen LogP contribution in [-0.2, 0) is 9.84 Å². The number of carbonyl (C=O) groups is 1. The molecule has 1 aromatic rings. The molecule has 0 heterocycles. The molecule has 0 saturated heterocycles. The van der Waals surface area contributed by atoms with Crippen LogP contribution in [0.1, 0.15) is 17.3 Å². The normalized spacial score (nSPS) is 11.3. The number of benzene rings is 1. The summed E-state index contributed by atoms with van der Waals surface area (Å²) in [6.45, 7) is 1.43. The maximum atomic E-state index is 11.6. The van der Waals surface area contributed by atoms with Crippen molar-refractivity contribution in [2.75, 3.05) is 5.75 Å². The van der Waals surface area contributed by atoms with Gasteiger partial charge < -0.3 is 5.11 Å². The Morgan fingerprint density at radius 3 is 2.53 bits per heavy atom. The molecule has 0 saturated carbocycles. The van der Waals surface area contributed by atoms with Crippen LogP contribution in [0.5, 0.6) is 0 Å². The quantitative estimate of drug-likeness (QED) is 0.886. The minimum atomic E-state index is -3.62. The molecule has 1 rings (SSSR count). The van der Waals surface area contributed by atoms with E-state index < -0.39 is 15.8 Å². The van der Waals surface area contributed by atoms with Gasteiger partial charge in [-0.2, -0.15) is 0 Å². The zero-order valence-electron chi connectivity index (χ0n) is 7.90. The average molecular weight is 249 g/mol. The van der Waals surface area contributed by atoms with Crippen LogP contribution in [0.25, 0.3) is 0 Å². The van der Waals surface area contributed by atoms with Crippen LogP contribution >= 0.6 is 11.6 Å². The molecular formula is C9H9ClO4S. The molecule has 0 aromatic heterocycles. The second-order valence-corrected chi connectivity index (χ2v) is 5.45. The minimum Gasteiger partial charge on any atom is -0.478 e. The summed E-state index contributed by atoms with van der Waals surface area (Å²) in [6, 6.07) is 3.98. The average Bonchev–Trinajstić information content (AvgIpc) is 2.17. The van der Waals surface area contributed by atoms with Gasteiger partial charge in [-0.25, -0.2) is 13.2 Å². The minimum absolute atomic E-state index is 0.0586. The Morgan fingerprint density at radius 2 is 2.07 bits per heavy atom. The summed E-state index contributed by atoms with van der Waals surface area (Å²) in [4.78, 5) is 10.5. The fourth-order valence-electron chi connectivity index (χ4n) is 1.14. The van der Waals surface area contributed by atoms with Crippen LogP contribution in [0.2, 0.25) is 5.02 Å². The van der Waals surface area contributed by atoms with Crippen LogP contribution in [0.3, 0.4) is 0 Å². The van der Waals surface area contributed by atoms with Crippen molar-refractivity contribution in [1.29, 1.82) is 0 Å². The third kappa shape index (κ3) is 2.30.